The largest absolute Gasteiger partial charge is 0.416 e. The minimum Gasteiger partial charge on any atom is -0.313 e. The molecule has 0 spiro atoms. The maximum absolute atomic E-state index is 12.8. The van der Waals surface area contributed by atoms with Gasteiger partial charge >= 0.3 is 6.18 Å². The molecule has 0 amide bonds. The molecule has 0 unspecified atom stereocenters. The number of benzene rings is 1. The number of halogens is 3. The molecule has 0 saturated carbocycles. The van der Waals surface area contributed by atoms with E-state index in [-0.39, 0.29) is 17.9 Å². The lowest BCUT2D eigenvalue weighted by molar-refractivity contribution is -0.137. The predicted molar refractivity (Wildman–Crippen MR) is 80.3 cm³/mol. The van der Waals surface area contributed by atoms with E-state index >= 15 is 0 Å². The smallest absolute Gasteiger partial charge is 0.313 e. The molecule has 0 atom stereocenters. The fourth-order valence-corrected chi connectivity index (χ4v) is 2.87. The van der Waals surface area contributed by atoms with Gasteiger partial charge in [-0.05, 0) is 30.2 Å². The van der Waals surface area contributed by atoms with Crippen molar-refractivity contribution in [3.05, 3.63) is 41.5 Å². The van der Waals surface area contributed by atoms with Gasteiger partial charge in [0.2, 0.25) is 5.82 Å². The number of hydrogen-bond acceptors (Lipinski definition) is 5. The highest BCUT2D eigenvalue weighted by molar-refractivity contribution is 5.55. The number of tetrazole rings is 1. The van der Waals surface area contributed by atoms with Crippen LogP contribution in [-0.4, -0.2) is 35.0 Å². The van der Waals surface area contributed by atoms with Gasteiger partial charge in [0.15, 0.2) is 5.82 Å². The monoisotopic (exact) mass is 349 g/mol. The average Bonchev–Trinajstić information content (AvgIpc) is 3.22. The van der Waals surface area contributed by atoms with E-state index in [4.69, 9.17) is 0 Å². The standard InChI is InChI=1S/C15H14F3N7/c16-15(17,18)11-5-3-4-10(8-11)14-21-23-25(22-14)9-13-20-19-12-6-1-2-7-24(12)13/h3-5,8H,1-2,6-7,9H2. The fraction of sp³-hybridized carbons (Fsp3) is 0.400. The lowest BCUT2D eigenvalue weighted by Gasteiger charge is -2.14. The van der Waals surface area contributed by atoms with Crippen LogP contribution < -0.4 is 0 Å². The Morgan fingerprint density at radius 1 is 1.08 bits per heavy atom. The van der Waals surface area contributed by atoms with Crippen molar-refractivity contribution in [1.29, 1.82) is 0 Å². The molecule has 2 aromatic heterocycles. The van der Waals surface area contributed by atoms with E-state index in [0.717, 1.165) is 49.6 Å². The van der Waals surface area contributed by atoms with Crippen molar-refractivity contribution in [2.24, 2.45) is 0 Å². The fourth-order valence-electron chi connectivity index (χ4n) is 2.87. The maximum atomic E-state index is 12.8. The summed E-state index contributed by atoms with van der Waals surface area (Å²) >= 11 is 0. The van der Waals surface area contributed by atoms with Crippen molar-refractivity contribution in [2.75, 3.05) is 0 Å². The summed E-state index contributed by atoms with van der Waals surface area (Å²) < 4.78 is 40.5. The van der Waals surface area contributed by atoms with Gasteiger partial charge in [0.1, 0.15) is 12.4 Å². The molecule has 3 aromatic rings. The van der Waals surface area contributed by atoms with Crippen LogP contribution >= 0.6 is 0 Å². The van der Waals surface area contributed by atoms with Crippen LogP contribution in [0.15, 0.2) is 24.3 Å². The number of fused-ring (bicyclic) bond motifs is 1. The molecule has 1 aliphatic heterocycles. The van der Waals surface area contributed by atoms with Gasteiger partial charge in [-0.2, -0.15) is 18.0 Å². The van der Waals surface area contributed by atoms with E-state index in [1.807, 2.05) is 4.57 Å². The topological polar surface area (TPSA) is 74.3 Å². The van der Waals surface area contributed by atoms with Crippen LogP contribution in [0.2, 0.25) is 0 Å². The average molecular weight is 349 g/mol. The number of alkyl halides is 3. The zero-order chi connectivity index (χ0) is 17.4. The van der Waals surface area contributed by atoms with E-state index in [0.29, 0.717) is 0 Å². The Kier molecular flexibility index (Phi) is 3.74. The first-order valence-corrected chi connectivity index (χ1v) is 7.87. The summed E-state index contributed by atoms with van der Waals surface area (Å²) in [5.41, 5.74) is -0.475. The van der Waals surface area contributed by atoms with Crippen molar-refractivity contribution in [1.82, 2.24) is 35.0 Å². The van der Waals surface area contributed by atoms with Gasteiger partial charge < -0.3 is 4.57 Å². The van der Waals surface area contributed by atoms with Gasteiger partial charge in [0.05, 0.1) is 5.56 Å². The summed E-state index contributed by atoms with van der Waals surface area (Å²) in [5.74, 6) is 1.81. The molecule has 0 fully saturated rings. The van der Waals surface area contributed by atoms with Crippen LogP contribution in [0.5, 0.6) is 0 Å². The van der Waals surface area contributed by atoms with Crippen molar-refractivity contribution >= 4 is 0 Å². The minimum atomic E-state index is -4.41. The SMILES string of the molecule is FC(F)(F)c1cccc(-c2nnn(Cc3nnc4n3CCCC4)n2)c1. The van der Waals surface area contributed by atoms with Gasteiger partial charge in [-0.15, -0.1) is 20.4 Å². The van der Waals surface area contributed by atoms with Crippen molar-refractivity contribution in [2.45, 2.75) is 38.5 Å². The maximum Gasteiger partial charge on any atom is 0.416 e. The first kappa shape index (κ1) is 15.7. The Balaban J connectivity index is 1.58. The third kappa shape index (κ3) is 3.11. The first-order chi connectivity index (χ1) is 12.0. The van der Waals surface area contributed by atoms with Crippen LogP contribution in [0.3, 0.4) is 0 Å². The summed E-state index contributed by atoms with van der Waals surface area (Å²) in [6.45, 7) is 1.13. The second-order valence-electron chi connectivity index (χ2n) is 5.86. The lowest BCUT2D eigenvalue weighted by atomic mass is 10.1. The van der Waals surface area contributed by atoms with Crippen LogP contribution in [0.1, 0.15) is 30.1 Å². The number of rotatable bonds is 3. The third-order valence-corrected chi connectivity index (χ3v) is 4.12. The van der Waals surface area contributed by atoms with E-state index in [2.05, 4.69) is 25.6 Å². The Bertz CT molecular complexity index is 897. The van der Waals surface area contributed by atoms with Crippen LogP contribution in [0.25, 0.3) is 11.4 Å². The van der Waals surface area contributed by atoms with Crippen molar-refractivity contribution in [3.63, 3.8) is 0 Å². The summed E-state index contributed by atoms with van der Waals surface area (Å²) in [6, 6.07) is 4.87. The highest BCUT2D eigenvalue weighted by Crippen LogP contribution is 2.31. The number of hydrogen-bond donors (Lipinski definition) is 0. The molecule has 0 bridgehead atoms. The highest BCUT2D eigenvalue weighted by Gasteiger charge is 2.30. The molecule has 0 aliphatic carbocycles. The molecular formula is C15H14F3N7. The van der Waals surface area contributed by atoms with E-state index in [9.17, 15) is 13.2 Å². The zero-order valence-electron chi connectivity index (χ0n) is 13.1. The van der Waals surface area contributed by atoms with E-state index < -0.39 is 11.7 Å². The molecule has 0 radical (unpaired) electrons. The molecule has 1 aromatic carbocycles. The summed E-state index contributed by atoms with van der Waals surface area (Å²) in [5, 5.41) is 20.3. The Labute approximate surface area is 140 Å². The van der Waals surface area contributed by atoms with Crippen LogP contribution in [0, 0.1) is 0 Å². The molecule has 1 aliphatic rings. The summed E-state index contributed by atoms with van der Waals surface area (Å²) in [6.07, 6.45) is -1.35. The summed E-state index contributed by atoms with van der Waals surface area (Å²) in [4.78, 5) is 1.32. The first-order valence-electron chi connectivity index (χ1n) is 7.87. The Morgan fingerprint density at radius 3 is 2.80 bits per heavy atom. The molecule has 4 rings (SSSR count). The quantitative estimate of drug-likeness (QED) is 0.726. The molecule has 0 saturated heterocycles. The normalized spacial score (nSPS) is 14.5. The Morgan fingerprint density at radius 2 is 1.96 bits per heavy atom. The van der Waals surface area contributed by atoms with E-state index in [1.165, 1.54) is 16.9 Å². The second-order valence-corrected chi connectivity index (χ2v) is 5.86. The van der Waals surface area contributed by atoms with Crippen LogP contribution in [-0.2, 0) is 25.7 Å². The number of nitrogens with zero attached hydrogens (tertiary/aromatic N) is 7. The zero-order valence-corrected chi connectivity index (χ0v) is 13.1. The van der Waals surface area contributed by atoms with Crippen LogP contribution in [0.4, 0.5) is 13.2 Å². The number of aromatic nitrogens is 7. The van der Waals surface area contributed by atoms with Gasteiger partial charge in [0.25, 0.3) is 0 Å². The van der Waals surface area contributed by atoms with Gasteiger partial charge in [-0.3, -0.25) is 0 Å². The molecule has 0 N–H and O–H groups in total. The van der Waals surface area contributed by atoms with Gasteiger partial charge in [-0.1, -0.05) is 12.1 Å². The van der Waals surface area contributed by atoms with E-state index in [1.54, 1.807) is 0 Å². The third-order valence-electron chi connectivity index (χ3n) is 4.12. The summed E-state index contributed by atoms with van der Waals surface area (Å²) in [7, 11) is 0. The highest BCUT2D eigenvalue weighted by atomic mass is 19.4. The van der Waals surface area contributed by atoms with Crippen molar-refractivity contribution in [3.8, 4) is 11.4 Å². The molecule has 25 heavy (non-hydrogen) atoms. The number of aryl methyl sites for hydroxylation is 1. The molecule has 130 valence electrons. The lowest BCUT2D eigenvalue weighted by Crippen LogP contribution is -2.16. The second kappa shape index (κ2) is 5.94. The Hall–Kier alpha value is -2.78. The van der Waals surface area contributed by atoms with Crippen molar-refractivity contribution < 1.29 is 13.2 Å². The van der Waals surface area contributed by atoms with Gasteiger partial charge in [0, 0.05) is 18.5 Å². The van der Waals surface area contributed by atoms with Gasteiger partial charge in [-0.25, -0.2) is 0 Å². The molecule has 10 heteroatoms. The minimum absolute atomic E-state index is 0.143. The molecular weight excluding hydrogens is 335 g/mol. The molecule has 7 nitrogen and oxygen atoms in total. The predicted octanol–water partition coefficient (Wildman–Crippen LogP) is 2.33. The molecule has 3 heterocycles.